The van der Waals surface area contributed by atoms with Crippen LogP contribution in [0.15, 0.2) is 18.2 Å². The fourth-order valence-corrected chi connectivity index (χ4v) is 2.68. The van der Waals surface area contributed by atoms with Crippen LogP contribution >= 0.6 is 0 Å². The molecule has 1 aliphatic carbocycles. The van der Waals surface area contributed by atoms with Crippen LogP contribution in [0.5, 0.6) is 0 Å². The first-order chi connectivity index (χ1) is 8.04. The van der Waals surface area contributed by atoms with E-state index in [1.54, 1.807) is 0 Å². The SMILES string of the molecule is CCC1CC(=O)C(c2ccc(C)cc2C)C1=O. The second-order valence-electron chi connectivity index (χ2n) is 4.97. The highest BCUT2D eigenvalue weighted by molar-refractivity contribution is 6.14. The molecule has 1 aliphatic rings. The molecule has 1 saturated carbocycles. The van der Waals surface area contributed by atoms with E-state index >= 15 is 0 Å². The third kappa shape index (κ3) is 2.04. The molecule has 0 radical (unpaired) electrons. The zero-order valence-electron chi connectivity index (χ0n) is 10.6. The monoisotopic (exact) mass is 230 g/mol. The van der Waals surface area contributed by atoms with E-state index in [9.17, 15) is 9.59 Å². The summed E-state index contributed by atoms with van der Waals surface area (Å²) >= 11 is 0. The molecule has 0 aliphatic heterocycles. The van der Waals surface area contributed by atoms with Crippen LogP contribution in [0.3, 0.4) is 0 Å². The minimum Gasteiger partial charge on any atom is -0.298 e. The van der Waals surface area contributed by atoms with Gasteiger partial charge in [0.15, 0.2) is 5.78 Å². The van der Waals surface area contributed by atoms with Crippen molar-refractivity contribution in [3.05, 3.63) is 34.9 Å². The lowest BCUT2D eigenvalue weighted by Crippen LogP contribution is -2.16. The van der Waals surface area contributed by atoms with Crippen molar-refractivity contribution in [2.24, 2.45) is 5.92 Å². The van der Waals surface area contributed by atoms with Gasteiger partial charge < -0.3 is 0 Å². The summed E-state index contributed by atoms with van der Waals surface area (Å²) in [4.78, 5) is 24.1. The average Bonchev–Trinajstić information content (AvgIpc) is 2.55. The predicted octanol–water partition coefficient (Wildman–Crippen LogP) is 2.96. The van der Waals surface area contributed by atoms with Gasteiger partial charge in [-0.2, -0.15) is 0 Å². The second-order valence-corrected chi connectivity index (χ2v) is 4.97. The third-order valence-corrected chi connectivity index (χ3v) is 3.69. The number of aryl methyl sites for hydroxylation is 2. The van der Waals surface area contributed by atoms with E-state index in [4.69, 9.17) is 0 Å². The van der Waals surface area contributed by atoms with Crippen molar-refractivity contribution in [3.63, 3.8) is 0 Å². The van der Waals surface area contributed by atoms with E-state index in [-0.39, 0.29) is 17.5 Å². The summed E-state index contributed by atoms with van der Waals surface area (Å²) in [6, 6.07) is 5.94. The topological polar surface area (TPSA) is 34.1 Å². The molecule has 2 nitrogen and oxygen atoms in total. The van der Waals surface area contributed by atoms with Gasteiger partial charge in [0, 0.05) is 12.3 Å². The van der Waals surface area contributed by atoms with Gasteiger partial charge in [-0.3, -0.25) is 9.59 Å². The summed E-state index contributed by atoms with van der Waals surface area (Å²) in [6.07, 6.45) is 1.19. The summed E-state index contributed by atoms with van der Waals surface area (Å²) in [5.41, 5.74) is 3.12. The normalized spacial score (nSPS) is 24.4. The first-order valence-electron chi connectivity index (χ1n) is 6.18. The Labute approximate surface area is 102 Å². The molecule has 2 heteroatoms. The molecule has 0 bridgehead atoms. The van der Waals surface area contributed by atoms with Gasteiger partial charge in [0.05, 0.1) is 0 Å². The van der Waals surface area contributed by atoms with Gasteiger partial charge in [0.25, 0.3) is 0 Å². The molecule has 0 saturated heterocycles. The van der Waals surface area contributed by atoms with Crippen LogP contribution in [0, 0.1) is 19.8 Å². The number of rotatable bonds is 2. The smallest absolute Gasteiger partial charge is 0.151 e. The van der Waals surface area contributed by atoms with Crippen molar-refractivity contribution in [2.45, 2.75) is 39.5 Å². The number of carbonyl (C=O) groups excluding carboxylic acids is 2. The van der Waals surface area contributed by atoms with Crippen LogP contribution in [0.25, 0.3) is 0 Å². The van der Waals surface area contributed by atoms with Crippen molar-refractivity contribution in [1.82, 2.24) is 0 Å². The number of Topliss-reactive ketones (excluding diaryl/α,β-unsaturated/α-hetero) is 2. The number of carbonyl (C=O) groups is 2. The largest absolute Gasteiger partial charge is 0.298 e. The molecule has 0 aromatic heterocycles. The molecule has 1 aromatic carbocycles. The van der Waals surface area contributed by atoms with E-state index in [2.05, 4.69) is 0 Å². The molecule has 17 heavy (non-hydrogen) atoms. The van der Waals surface area contributed by atoms with Crippen LogP contribution in [0.2, 0.25) is 0 Å². The molecular formula is C15H18O2. The van der Waals surface area contributed by atoms with Gasteiger partial charge in [-0.25, -0.2) is 0 Å². The lowest BCUT2D eigenvalue weighted by molar-refractivity contribution is -0.124. The maximum Gasteiger partial charge on any atom is 0.151 e. The van der Waals surface area contributed by atoms with Gasteiger partial charge in [0.2, 0.25) is 0 Å². The van der Waals surface area contributed by atoms with Crippen molar-refractivity contribution >= 4 is 11.6 Å². The first kappa shape index (κ1) is 12.0. The molecule has 2 atom stereocenters. The second kappa shape index (κ2) is 4.44. The lowest BCUT2D eigenvalue weighted by Gasteiger charge is -2.12. The molecular weight excluding hydrogens is 212 g/mol. The standard InChI is InChI=1S/C15H18O2/c1-4-11-8-13(16)14(15(11)17)12-6-5-9(2)7-10(12)3/h5-7,11,14H,4,8H2,1-3H3. The van der Waals surface area contributed by atoms with E-state index in [1.807, 2.05) is 39.0 Å². The van der Waals surface area contributed by atoms with Crippen molar-refractivity contribution in [2.75, 3.05) is 0 Å². The molecule has 0 N–H and O–H groups in total. The summed E-state index contributed by atoms with van der Waals surface area (Å²) in [5, 5.41) is 0. The molecule has 2 unspecified atom stereocenters. The Morgan fingerprint density at radius 2 is 1.94 bits per heavy atom. The van der Waals surface area contributed by atoms with Gasteiger partial charge in [-0.1, -0.05) is 30.7 Å². The highest BCUT2D eigenvalue weighted by Gasteiger charge is 2.41. The Morgan fingerprint density at radius 1 is 1.24 bits per heavy atom. The van der Waals surface area contributed by atoms with Gasteiger partial charge >= 0.3 is 0 Å². The minimum atomic E-state index is -0.499. The van der Waals surface area contributed by atoms with E-state index in [0.717, 1.165) is 23.1 Å². The number of benzene rings is 1. The quantitative estimate of drug-likeness (QED) is 0.732. The molecule has 0 spiro atoms. The van der Waals surface area contributed by atoms with Crippen LogP contribution < -0.4 is 0 Å². The summed E-state index contributed by atoms with van der Waals surface area (Å²) < 4.78 is 0. The molecule has 2 rings (SSSR count). The van der Waals surface area contributed by atoms with E-state index < -0.39 is 5.92 Å². The average molecular weight is 230 g/mol. The summed E-state index contributed by atoms with van der Waals surface area (Å²) in [6.45, 7) is 5.96. The van der Waals surface area contributed by atoms with Crippen molar-refractivity contribution in [3.8, 4) is 0 Å². The van der Waals surface area contributed by atoms with Crippen molar-refractivity contribution in [1.29, 1.82) is 0 Å². The van der Waals surface area contributed by atoms with E-state index in [0.29, 0.717) is 6.42 Å². The Balaban J connectivity index is 2.40. The minimum absolute atomic E-state index is 0.0618. The fraction of sp³-hybridized carbons (Fsp3) is 0.467. The Morgan fingerprint density at radius 3 is 2.47 bits per heavy atom. The number of ketones is 2. The molecule has 90 valence electrons. The van der Waals surface area contributed by atoms with Crippen LogP contribution in [-0.4, -0.2) is 11.6 Å². The first-order valence-corrected chi connectivity index (χ1v) is 6.18. The summed E-state index contributed by atoms with van der Waals surface area (Å²) in [5.74, 6) is -0.355. The maximum atomic E-state index is 12.2. The maximum absolute atomic E-state index is 12.2. The Hall–Kier alpha value is -1.44. The van der Waals surface area contributed by atoms with E-state index in [1.165, 1.54) is 0 Å². The highest BCUT2D eigenvalue weighted by Crippen LogP contribution is 2.35. The van der Waals surface area contributed by atoms with Crippen molar-refractivity contribution < 1.29 is 9.59 Å². The molecule has 1 fully saturated rings. The van der Waals surface area contributed by atoms with Crippen LogP contribution in [-0.2, 0) is 9.59 Å². The summed E-state index contributed by atoms with van der Waals surface area (Å²) in [7, 11) is 0. The lowest BCUT2D eigenvalue weighted by atomic mass is 9.90. The Bertz CT molecular complexity index is 474. The van der Waals surface area contributed by atoms with Crippen LogP contribution in [0.1, 0.15) is 42.4 Å². The molecule has 0 amide bonds. The number of hydrogen-bond donors (Lipinski definition) is 0. The zero-order chi connectivity index (χ0) is 12.6. The predicted molar refractivity (Wildman–Crippen MR) is 67.1 cm³/mol. The van der Waals surface area contributed by atoms with Gasteiger partial charge in [-0.15, -0.1) is 0 Å². The molecule has 0 heterocycles. The van der Waals surface area contributed by atoms with Crippen LogP contribution in [0.4, 0.5) is 0 Å². The fourth-order valence-electron chi connectivity index (χ4n) is 2.68. The van der Waals surface area contributed by atoms with Gasteiger partial charge in [0.1, 0.15) is 11.7 Å². The molecule has 1 aromatic rings. The third-order valence-electron chi connectivity index (χ3n) is 3.69. The number of hydrogen-bond acceptors (Lipinski definition) is 2. The Kier molecular flexibility index (Phi) is 3.14. The zero-order valence-corrected chi connectivity index (χ0v) is 10.6. The van der Waals surface area contributed by atoms with Gasteiger partial charge in [-0.05, 0) is 31.4 Å². The highest BCUT2D eigenvalue weighted by atomic mass is 16.2.